The summed E-state index contributed by atoms with van der Waals surface area (Å²) in [6.45, 7) is 2.67. The Bertz CT molecular complexity index is 684. The van der Waals surface area contributed by atoms with Gasteiger partial charge in [-0.15, -0.1) is 10.2 Å². The van der Waals surface area contributed by atoms with Crippen molar-refractivity contribution in [2.75, 3.05) is 38.2 Å². The largest absolute Gasteiger partial charge is 0.481 e. The maximum Gasteiger partial charge on any atom is 0.470 e. The fraction of sp³-hybridized carbons (Fsp3) is 0.538. The predicted octanol–water partition coefficient (Wildman–Crippen LogP) is 1.21. The summed E-state index contributed by atoms with van der Waals surface area (Å²) < 4.78 is 47.0. The molecule has 0 spiro atoms. The molecule has 130 valence electrons. The van der Waals surface area contributed by atoms with Gasteiger partial charge in [0.2, 0.25) is 17.7 Å². The number of hydrogen-bond acceptors (Lipinski definition) is 8. The van der Waals surface area contributed by atoms with E-state index in [9.17, 15) is 13.2 Å². The molecule has 0 atom stereocenters. The second-order valence-electron chi connectivity index (χ2n) is 5.16. The van der Waals surface area contributed by atoms with E-state index in [1.54, 1.807) is 12.3 Å². The fourth-order valence-electron chi connectivity index (χ4n) is 2.33. The standard InChI is InChI=1S/C13H15F3N6O2/c1-23-9-2-3-17-12(18-9)22-6-4-21(5-7-22)8-10-19-20-11(24-10)13(14,15)16/h2-3H,4-8H2,1H3. The minimum absolute atomic E-state index is 0.0478. The first-order valence-corrected chi connectivity index (χ1v) is 7.19. The van der Waals surface area contributed by atoms with Crippen LogP contribution in [0.1, 0.15) is 11.8 Å². The molecule has 0 aromatic carbocycles. The van der Waals surface area contributed by atoms with E-state index in [1.165, 1.54) is 7.11 Å². The summed E-state index contributed by atoms with van der Waals surface area (Å²) in [7, 11) is 1.53. The maximum atomic E-state index is 12.4. The van der Waals surface area contributed by atoms with Crippen LogP contribution in [0, 0.1) is 0 Å². The summed E-state index contributed by atoms with van der Waals surface area (Å²) in [6.07, 6.45) is -3.00. The molecule has 1 aliphatic heterocycles. The second kappa shape index (κ2) is 6.59. The molecular formula is C13H15F3N6O2. The van der Waals surface area contributed by atoms with Crippen LogP contribution in [0.5, 0.6) is 5.88 Å². The molecular weight excluding hydrogens is 329 g/mol. The van der Waals surface area contributed by atoms with Crippen molar-refractivity contribution in [2.45, 2.75) is 12.7 Å². The molecule has 1 aliphatic rings. The third-order valence-corrected chi connectivity index (χ3v) is 3.55. The van der Waals surface area contributed by atoms with Crippen molar-refractivity contribution in [1.29, 1.82) is 0 Å². The zero-order valence-corrected chi connectivity index (χ0v) is 12.8. The number of methoxy groups -OCH3 is 1. The van der Waals surface area contributed by atoms with Crippen LogP contribution in [0.15, 0.2) is 16.7 Å². The lowest BCUT2D eigenvalue weighted by atomic mass is 10.3. The summed E-state index contributed by atoms with van der Waals surface area (Å²) in [4.78, 5) is 12.4. The van der Waals surface area contributed by atoms with Gasteiger partial charge in [0.05, 0.1) is 13.7 Å². The molecule has 8 nitrogen and oxygen atoms in total. The van der Waals surface area contributed by atoms with Crippen LogP contribution in [-0.4, -0.2) is 58.4 Å². The van der Waals surface area contributed by atoms with Crippen molar-refractivity contribution < 1.29 is 22.3 Å². The molecule has 3 rings (SSSR count). The third kappa shape index (κ3) is 3.72. The molecule has 11 heteroatoms. The van der Waals surface area contributed by atoms with E-state index in [0.717, 1.165) is 0 Å². The van der Waals surface area contributed by atoms with Crippen LogP contribution in [0.25, 0.3) is 0 Å². The minimum Gasteiger partial charge on any atom is -0.481 e. The van der Waals surface area contributed by atoms with E-state index in [0.29, 0.717) is 38.0 Å². The lowest BCUT2D eigenvalue weighted by molar-refractivity contribution is -0.157. The van der Waals surface area contributed by atoms with Gasteiger partial charge in [0.1, 0.15) is 0 Å². The van der Waals surface area contributed by atoms with Crippen LogP contribution >= 0.6 is 0 Å². The number of nitrogens with zero attached hydrogens (tertiary/aromatic N) is 6. The molecule has 0 amide bonds. The van der Waals surface area contributed by atoms with Gasteiger partial charge in [0.25, 0.3) is 0 Å². The van der Waals surface area contributed by atoms with Crippen molar-refractivity contribution in [3.8, 4) is 5.88 Å². The monoisotopic (exact) mass is 344 g/mol. The Morgan fingerprint density at radius 1 is 1.21 bits per heavy atom. The number of hydrogen-bond donors (Lipinski definition) is 0. The van der Waals surface area contributed by atoms with Gasteiger partial charge < -0.3 is 14.1 Å². The highest BCUT2D eigenvalue weighted by atomic mass is 19.4. The minimum atomic E-state index is -4.62. The molecule has 0 N–H and O–H groups in total. The highest BCUT2D eigenvalue weighted by Gasteiger charge is 2.38. The molecule has 2 aromatic heterocycles. The molecule has 24 heavy (non-hydrogen) atoms. The molecule has 1 saturated heterocycles. The average molecular weight is 344 g/mol. The molecule has 1 fully saturated rings. The van der Waals surface area contributed by atoms with Gasteiger partial charge in [-0.05, 0) is 0 Å². The first kappa shape index (κ1) is 16.4. The SMILES string of the molecule is COc1ccnc(N2CCN(Cc3nnc(C(F)(F)F)o3)CC2)n1. The zero-order chi connectivity index (χ0) is 17.2. The van der Waals surface area contributed by atoms with Crippen LogP contribution in [0.2, 0.25) is 0 Å². The van der Waals surface area contributed by atoms with Gasteiger partial charge >= 0.3 is 12.1 Å². The molecule has 0 radical (unpaired) electrons. The Kier molecular flexibility index (Phi) is 4.51. The van der Waals surface area contributed by atoms with Gasteiger partial charge in [-0.1, -0.05) is 0 Å². The number of halogens is 3. The van der Waals surface area contributed by atoms with Crippen LogP contribution < -0.4 is 9.64 Å². The highest BCUT2D eigenvalue weighted by molar-refractivity contribution is 5.32. The van der Waals surface area contributed by atoms with Crippen LogP contribution in [-0.2, 0) is 12.7 Å². The Labute approximate surface area is 135 Å². The number of rotatable bonds is 4. The number of ether oxygens (including phenoxy) is 1. The Morgan fingerprint density at radius 3 is 2.58 bits per heavy atom. The lowest BCUT2D eigenvalue weighted by Gasteiger charge is -2.33. The average Bonchev–Trinajstić information content (AvgIpc) is 3.04. The summed E-state index contributed by atoms with van der Waals surface area (Å²) in [5, 5.41) is 6.47. The van der Waals surface area contributed by atoms with Crippen LogP contribution in [0.3, 0.4) is 0 Å². The predicted molar refractivity (Wildman–Crippen MR) is 75.4 cm³/mol. The molecule has 2 aromatic rings. The Balaban J connectivity index is 1.56. The summed E-state index contributed by atoms with van der Waals surface area (Å²) >= 11 is 0. The van der Waals surface area contributed by atoms with E-state index in [4.69, 9.17) is 4.74 Å². The smallest absolute Gasteiger partial charge is 0.470 e. The van der Waals surface area contributed by atoms with Gasteiger partial charge in [-0.25, -0.2) is 4.98 Å². The van der Waals surface area contributed by atoms with E-state index < -0.39 is 12.1 Å². The summed E-state index contributed by atoms with van der Waals surface area (Å²) in [6, 6.07) is 1.66. The molecule has 0 bridgehead atoms. The van der Waals surface area contributed by atoms with Gasteiger partial charge in [0.15, 0.2) is 0 Å². The number of alkyl halides is 3. The first-order chi connectivity index (χ1) is 11.5. The first-order valence-electron chi connectivity index (χ1n) is 7.19. The quantitative estimate of drug-likeness (QED) is 0.819. The van der Waals surface area contributed by atoms with E-state index in [2.05, 4.69) is 24.6 Å². The van der Waals surface area contributed by atoms with Crippen molar-refractivity contribution >= 4 is 5.95 Å². The zero-order valence-electron chi connectivity index (χ0n) is 12.8. The van der Waals surface area contributed by atoms with E-state index in [-0.39, 0.29) is 12.4 Å². The Hall–Kier alpha value is -2.43. The van der Waals surface area contributed by atoms with Crippen molar-refractivity contribution in [2.24, 2.45) is 0 Å². The second-order valence-corrected chi connectivity index (χ2v) is 5.16. The summed E-state index contributed by atoms with van der Waals surface area (Å²) in [5.74, 6) is -0.326. The van der Waals surface area contributed by atoms with E-state index >= 15 is 0 Å². The van der Waals surface area contributed by atoms with Crippen molar-refractivity contribution in [3.63, 3.8) is 0 Å². The number of anilines is 1. The van der Waals surface area contributed by atoms with Gasteiger partial charge in [0, 0.05) is 38.4 Å². The lowest BCUT2D eigenvalue weighted by Crippen LogP contribution is -2.46. The molecule has 3 heterocycles. The fourth-order valence-corrected chi connectivity index (χ4v) is 2.33. The highest BCUT2D eigenvalue weighted by Crippen LogP contribution is 2.28. The topological polar surface area (TPSA) is 80.4 Å². The van der Waals surface area contributed by atoms with Crippen molar-refractivity contribution in [1.82, 2.24) is 25.1 Å². The molecule has 0 aliphatic carbocycles. The molecule has 0 saturated carbocycles. The number of piperazine rings is 1. The Morgan fingerprint density at radius 2 is 1.96 bits per heavy atom. The van der Waals surface area contributed by atoms with E-state index in [1.807, 2.05) is 9.80 Å². The summed E-state index contributed by atoms with van der Waals surface area (Å²) in [5.41, 5.74) is 0. The third-order valence-electron chi connectivity index (χ3n) is 3.55. The molecule has 0 unspecified atom stereocenters. The maximum absolute atomic E-state index is 12.4. The number of aromatic nitrogens is 4. The normalized spacial score (nSPS) is 16.4. The van der Waals surface area contributed by atoms with Crippen LogP contribution in [0.4, 0.5) is 19.1 Å². The van der Waals surface area contributed by atoms with Gasteiger partial charge in [-0.3, -0.25) is 4.90 Å². The van der Waals surface area contributed by atoms with Gasteiger partial charge in [-0.2, -0.15) is 18.2 Å². The van der Waals surface area contributed by atoms with Crippen molar-refractivity contribution in [3.05, 3.63) is 24.0 Å².